The number of hydrogen-bond acceptors (Lipinski definition) is 2. The van der Waals surface area contributed by atoms with Gasteiger partial charge in [-0.2, -0.15) is 8.78 Å². The van der Waals surface area contributed by atoms with E-state index < -0.39 is 12.6 Å². The Morgan fingerprint density at radius 1 is 1.38 bits per heavy atom. The highest BCUT2D eigenvalue weighted by Gasteiger charge is 2.20. The van der Waals surface area contributed by atoms with E-state index in [1.54, 1.807) is 19.9 Å². The number of carboxylic acid groups (broad SMARTS) is 1. The Balaban J connectivity index is 3.29. The highest BCUT2D eigenvalue weighted by Crippen LogP contribution is 2.31. The van der Waals surface area contributed by atoms with Gasteiger partial charge in [0.2, 0.25) is 0 Å². The van der Waals surface area contributed by atoms with Gasteiger partial charge in [-0.3, -0.25) is 0 Å². The molecule has 0 bridgehead atoms. The molecule has 0 amide bonds. The Morgan fingerprint density at radius 2 is 2.00 bits per heavy atom. The van der Waals surface area contributed by atoms with Crippen molar-refractivity contribution in [3.63, 3.8) is 0 Å². The van der Waals surface area contributed by atoms with Crippen LogP contribution in [0.2, 0.25) is 0 Å². The molecule has 0 saturated carbocycles. The van der Waals surface area contributed by atoms with Crippen molar-refractivity contribution in [2.45, 2.75) is 26.4 Å². The summed E-state index contributed by atoms with van der Waals surface area (Å²) in [4.78, 5) is 10.9. The van der Waals surface area contributed by atoms with Crippen LogP contribution >= 0.6 is 0 Å². The summed E-state index contributed by atoms with van der Waals surface area (Å²) in [5.74, 6) is -1.62. The minimum Gasteiger partial charge on any atom is -0.478 e. The minimum absolute atomic E-state index is 0.0898. The van der Waals surface area contributed by atoms with Crippen molar-refractivity contribution in [3.8, 4) is 5.75 Å². The molecule has 1 aromatic carbocycles. The summed E-state index contributed by atoms with van der Waals surface area (Å²) in [6.45, 7) is 0.525. The molecule has 0 spiro atoms. The van der Waals surface area contributed by atoms with Gasteiger partial charge in [0, 0.05) is 0 Å². The highest BCUT2D eigenvalue weighted by atomic mass is 19.3. The lowest BCUT2D eigenvalue weighted by Gasteiger charge is -2.15. The standard InChI is InChI=1S/C11H12F2O3/c1-6(2)7-4-3-5-8(10(14)15)9(7)16-11(12)13/h3-6,11H,1-2H3,(H,14,15). The molecule has 0 saturated heterocycles. The molecule has 1 aromatic rings. The van der Waals surface area contributed by atoms with Gasteiger partial charge in [0.05, 0.1) is 0 Å². The third-order valence-corrected chi connectivity index (χ3v) is 2.10. The van der Waals surface area contributed by atoms with E-state index in [1.165, 1.54) is 12.1 Å². The number of para-hydroxylation sites is 1. The van der Waals surface area contributed by atoms with Crippen molar-refractivity contribution >= 4 is 5.97 Å². The van der Waals surface area contributed by atoms with Crippen molar-refractivity contribution < 1.29 is 23.4 Å². The number of alkyl halides is 2. The SMILES string of the molecule is CC(C)c1cccc(C(=O)O)c1OC(F)F. The van der Waals surface area contributed by atoms with E-state index in [-0.39, 0.29) is 17.2 Å². The van der Waals surface area contributed by atoms with Crippen molar-refractivity contribution in [3.05, 3.63) is 29.3 Å². The van der Waals surface area contributed by atoms with E-state index in [0.717, 1.165) is 0 Å². The van der Waals surface area contributed by atoms with Gasteiger partial charge in [-0.25, -0.2) is 4.79 Å². The molecule has 0 fully saturated rings. The number of carboxylic acids is 1. The van der Waals surface area contributed by atoms with Gasteiger partial charge >= 0.3 is 12.6 Å². The van der Waals surface area contributed by atoms with Crippen molar-refractivity contribution in [1.29, 1.82) is 0 Å². The Bertz CT molecular complexity index is 389. The largest absolute Gasteiger partial charge is 0.478 e. The van der Waals surface area contributed by atoms with Gasteiger partial charge in [0.15, 0.2) is 0 Å². The van der Waals surface area contributed by atoms with Crippen LogP contribution in [-0.2, 0) is 0 Å². The van der Waals surface area contributed by atoms with Crippen molar-refractivity contribution in [2.24, 2.45) is 0 Å². The van der Waals surface area contributed by atoms with Gasteiger partial charge in [-0.05, 0) is 17.5 Å². The van der Waals surface area contributed by atoms with E-state index in [2.05, 4.69) is 4.74 Å². The first kappa shape index (κ1) is 12.4. The molecular formula is C11H12F2O3. The molecule has 3 nitrogen and oxygen atoms in total. The number of aromatic carboxylic acids is 1. The molecule has 88 valence electrons. The molecule has 0 heterocycles. The monoisotopic (exact) mass is 230 g/mol. The van der Waals surface area contributed by atoms with Crippen LogP contribution in [-0.4, -0.2) is 17.7 Å². The molecule has 0 aromatic heterocycles. The Kier molecular flexibility index (Phi) is 3.82. The smallest absolute Gasteiger partial charge is 0.387 e. The number of hydrogen-bond donors (Lipinski definition) is 1. The zero-order chi connectivity index (χ0) is 12.3. The topological polar surface area (TPSA) is 46.5 Å². The average molecular weight is 230 g/mol. The molecule has 5 heteroatoms. The van der Waals surface area contributed by atoms with Gasteiger partial charge in [-0.1, -0.05) is 26.0 Å². The molecule has 0 atom stereocenters. The normalized spacial score (nSPS) is 10.9. The van der Waals surface area contributed by atoms with Gasteiger partial charge in [-0.15, -0.1) is 0 Å². The molecule has 0 aliphatic carbocycles. The molecule has 0 aliphatic rings. The average Bonchev–Trinajstić information content (AvgIpc) is 2.16. The summed E-state index contributed by atoms with van der Waals surface area (Å²) in [7, 11) is 0. The molecule has 0 radical (unpaired) electrons. The summed E-state index contributed by atoms with van der Waals surface area (Å²) in [5, 5.41) is 8.86. The quantitative estimate of drug-likeness (QED) is 0.864. The Morgan fingerprint density at radius 3 is 2.44 bits per heavy atom. The molecule has 0 unspecified atom stereocenters. The Labute approximate surface area is 91.7 Å². The zero-order valence-corrected chi connectivity index (χ0v) is 8.91. The second-order valence-corrected chi connectivity index (χ2v) is 3.56. The van der Waals surface area contributed by atoms with Crippen LogP contribution in [0.1, 0.15) is 35.7 Å². The van der Waals surface area contributed by atoms with E-state index in [1.807, 2.05) is 0 Å². The predicted octanol–water partition coefficient (Wildman–Crippen LogP) is 3.11. The van der Waals surface area contributed by atoms with Crippen LogP contribution in [0.5, 0.6) is 5.75 Å². The van der Waals surface area contributed by atoms with Gasteiger partial charge in [0.25, 0.3) is 0 Å². The third-order valence-electron chi connectivity index (χ3n) is 2.10. The van der Waals surface area contributed by atoms with E-state index in [9.17, 15) is 13.6 Å². The number of carbonyl (C=O) groups is 1. The van der Waals surface area contributed by atoms with Crippen LogP contribution in [0.3, 0.4) is 0 Å². The summed E-state index contributed by atoms with van der Waals surface area (Å²) in [6.07, 6.45) is 0. The van der Waals surface area contributed by atoms with Crippen LogP contribution in [0.15, 0.2) is 18.2 Å². The summed E-state index contributed by atoms with van der Waals surface area (Å²) in [5.41, 5.74) is 0.215. The fraction of sp³-hybridized carbons (Fsp3) is 0.364. The molecule has 0 aliphatic heterocycles. The first-order valence-electron chi connectivity index (χ1n) is 4.74. The lowest BCUT2D eigenvalue weighted by Crippen LogP contribution is -2.10. The first-order valence-corrected chi connectivity index (χ1v) is 4.74. The van der Waals surface area contributed by atoms with Crippen LogP contribution in [0.25, 0.3) is 0 Å². The van der Waals surface area contributed by atoms with Crippen LogP contribution in [0.4, 0.5) is 8.78 Å². The summed E-state index contributed by atoms with van der Waals surface area (Å²) in [6, 6.07) is 4.33. The molecular weight excluding hydrogens is 218 g/mol. The first-order chi connectivity index (χ1) is 7.43. The molecule has 16 heavy (non-hydrogen) atoms. The maximum Gasteiger partial charge on any atom is 0.387 e. The van der Waals surface area contributed by atoms with E-state index >= 15 is 0 Å². The van der Waals surface area contributed by atoms with Crippen LogP contribution < -0.4 is 4.74 Å². The van der Waals surface area contributed by atoms with E-state index in [4.69, 9.17) is 5.11 Å². The summed E-state index contributed by atoms with van der Waals surface area (Å²) >= 11 is 0. The third kappa shape index (κ3) is 2.68. The zero-order valence-electron chi connectivity index (χ0n) is 8.91. The number of rotatable bonds is 4. The lowest BCUT2D eigenvalue weighted by atomic mass is 9.99. The molecule has 1 rings (SSSR count). The highest BCUT2D eigenvalue weighted by molar-refractivity contribution is 5.91. The second kappa shape index (κ2) is 4.92. The predicted molar refractivity (Wildman–Crippen MR) is 54.1 cm³/mol. The number of benzene rings is 1. The van der Waals surface area contributed by atoms with Gasteiger partial charge in [0.1, 0.15) is 11.3 Å². The number of ether oxygens (including phenoxy) is 1. The maximum absolute atomic E-state index is 12.2. The molecule has 1 N–H and O–H groups in total. The Hall–Kier alpha value is -1.65. The minimum atomic E-state index is -3.03. The van der Waals surface area contributed by atoms with Gasteiger partial charge < -0.3 is 9.84 Å². The maximum atomic E-state index is 12.2. The lowest BCUT2D eigenvalue weighted by molar-refractivity contribution is -0.0510. The van der Waals surface area contributed by atoms with Crippen molar-refractivity contribution in [1.82, 2.24) is 0 Å². The van der Waals surface area contributed by atoms with Crippen LogP contribution in [0, 0.1) is 0 Å². The number of halogens is 2. The van der Waals surface area contributed by atoms with Crippen molar-refractivity contribution in [2.75, 3.05) is 0 Å². The summed E-state index contributed by atoms with van der Waals surface area (Å²) < 4.78 is 28.7. The van der Waals surface area contributed by atoms with E-state index in [0.29, 0.717) is 5.56 Å². The fourth-order valence-electron chi connectivity index (χ4n) is 1.40. The fourth-order valence-corrected chi connectivity index (χ4v) is 1.40. The second-order valence-electron chi connectivity index (χ2n) is 3.56.